The fourth-order valence-corrected chi connectivity index (χ4v) is 2.74. The number of hydrogen-bond donors (Lipinski definition) is 0. The molecule has 7 heteroatoms. The summed E-state index contributed by atoms with van der Waals surface area (Å²) in [6.45, 7) is 2.51. The maximum Gasteiger partial charge on any atom is 0.223 e. The Bertz CT molecular complexity index is 722. The van der Waals surface area contributed by atoms with Crippen LogP contribution in [-0.4, -0.2) is 56.3 Å². The molecule has 0 atom stereocenters. The van der Waals surface area contributed by atoms with Crippen molar-refractivity contribution in [1.82, 2.24) is 9.88 Å². The molecule has 2 heterocycles. The van der Waals surface area contributed by atoms with E-state index < -0.39 is 0 Å². The number of hydrogen-bond acceptors (Lipinski definition) is 6. The van der Waals surface area contributed by atoms with E-state index in [1.54, 1.807) is 26.5 Å². The standard InChI is InChI=1S/C18H22N2O5/c1-22-13-3-4-14(15(11-13)23-2)16-12-19-17(25-16)5-6-18(21)20-7-9-24-10-8-20/h3-4,11-12H,5-10H2,1-2H3. The van der Waals surface area contributed by atoms with Gasteiger partial charge in [-0.3, -0.25) is 4.79 Å². The van der Waals surface area contributed by atoms with Gasteiger partial charge in [-0.05, 0) is 12.1 Å². The van der Waals surface area contributed by atoms with Crippen molar-refractivity contribution < 1.29 is 23.4 Å². The van der Waals surface area contributed by atoms with Crippen LogP contribution in [0.3, 0.4) is 0 Å². The average Bonchev–Trinajstić information content (AvgIpc) is 3.15. The van der Waals surface area contributed by atoms with Gasteiger partial charge in [0.25, 0.3) is 0 Å². The maximum atomic E-state index is 12.2. The van der Waals surface area contributed by atoms with E-state index in [-0.39, 0.29) is 5.91 Å². The zero-order valence-corrected chi connectivity index (χ0v) is 14.5. The number of aryl methyl sites for hydroxylation is 1. The van der Waals surface area contributed by atoms with Gasteiger partial charge in [-0.15, -0.1) is 0 Å². The number of carbonyl (C=O) groups is 1. The van der Waals surface area contributed by atoms with Crippen molar-refractivity contribution in [2.75, 3.05) is 40.5 Å². The van der Waals surface area contributed by atoms with Crippen LogP contribution in [0.2, 0.25) is 0 Å². The lowest BCUT2D eigenvalue weighted by Gasteiger charge is -2.26. The second-order valence-electron chi connectivity index (χ2n) is 5.68. The van der Waals surface area contributed by atoms with E-state index in [0.717, 1.165) is 5.56 Å². The second kappa shape index (κ2) is 8.02. The fraction of sp³-hybridized carbons (Fsp3) is 0.444. The van der Waals surface area contributed by atoms with Gasteiger partial charge in [0, 0.05) is 32.0 Å². The number of amides is 1. The highest BCUT2D eigenvalue weighted by atomic mass is 16.5. The van der Waals surface area contributed by atoms with Crippen molar-refractivity contribution in [3.8, 4) is 22.8 Å². The Morgan fingerprint density at radius 1 is 1.24 bits per heavy atom. The lowest BCUT2D eigenvalue weighted by Crippen LogP contribution is -2.40. The van der Waals surface area contributed by atoms with Crippen LogP contribution >= 0.6 is 0 Å². The minimum atomic E-state index is 0.102. The van der Waals surface area contributed by atoms with Crippen LogP contribution < -0.4 is 9.47 Å². The quantitative estimate of drug-likeness (QED) is 0.798. The third kappa shape index (κ3) is 4.11. The number of aromatic nitrogens is 1. The fourth-order valence-electron chi connectivity index (χ4n) is 2.74. The summed E-state index contributed by atoms with van der Waals surface area (Å²) in [4.78, 5) is 18.3. The van der Waals surface area contributed by atoms with Gasteiger partial charge in [-0.25, -0.2) is 4.98 Å². The van der Waals surface area contributed by atoms with Gasteiger partial charge in [-0.2, -0.15) is 0 Å². The molecular weight excluding hydrogens is 324 g/mol. The summed E-state index contributed by atoms with van der Waals surface area (Å²) in [6.07, 6.45) is 2.49. The first-order chi connectivity index (χ1) is 12.2. The topological polar surface area (TPSA) is 74.0 Å². The third-order valence-electron chi connectivity index (χ3n) is 4.14. The molecule has 1 aromatic heterocycles. The Balaban J connectivity index is 1.65. The highest BCUT2D eigenvalue weighted by Crippen LogP contribution is 2.33. The lowest BCUT2D eigenvalue weighted by atomic mass is 10.1. The molecule has 1 amide bonds. The number of nitrogens with zero attached hydrogens (tertiary/aromatic N) is 2. The largest absolute Gasteiger partial charge is 0.497 e. The zero-order valence-electron chi connectivity index (χ0n) is 14.5. The summed E-state index contributed by atoms with van der Waals surface area (Å²) in [5.41, 5.74) is 0.793. The van der Waals surface area contributed by atoms with Gasteiger partial charge in [0.1, 0.15) is 11.5 Å². The molecule has 134 valence electrons. The van der Waals surface area contributed by atoms with Gasteiger partial charge in [0.05, 0.1) is 39.2 Å². The average molecular weight is 346 g/mol. The first-order valence-corrected chi connectivity index (χ1v) is 8.24. The molecule has 0 bridgehead atoms. The van der Waals surface area contributed by atoms with Crippen molar-refractivity contribution in [3.05, 3.63) is 30.3 Å². The molecule has 3 rings (SSSR count). The normalized spacial score (nSPS) is 14.4. The first-order valence-electron chi connectivity index (χ1n) is 8.24. The summed E-state index contributed by atoms with van der Waals surface area (Å²) in [7, 11) is 3.20. The van der Waals surface area contributed by atoms with Crippen molar-refractivity contribution in [2.45, 2.75) is 12.8 Å². The SMILES string of the molecule is COc1ccc(-c2cnc(CCC(=O)N3CCOCC3)o2)c(OC)c1. The Kier molecular flexibility index (Phi) is 5.55. The summed E-state index contributed by atoms with van der Waals surface area (Å²) in [6, 6.07) is 5.49. The Labute approximate surface area is 146 Å². The number of carbonyl (C=O) groups excluding carboxylic acids is 1. The maximum absolute atomic E-state index is 12.2. The van der Waals surface area contributed by atoms with Crippen molar-refractivity contribution in [2.24, 2.45) is 0 Å². The van der Waals surface area contributed by atoms with Crippen LogP contribution in [-0.2, 0) is 16.0 Å². The van der Waals surface area contributed by atoms with Gasteiger partial charge < -0.3 is 23.5 Å². The minimum Gasteiger partial charge on any atom is -0.497 e. The third-order valence-corrected chi connectivity index (χ3v) is 4.14. The highest BCUT2D eigenvalue weighted by Gasteiger charge is 2.18. The number of oxazole rings is 1. The Morgan fingerprint density at radius 3 is 2.76 bits per heavy atom. The molecule has 1 fully saturated rings. The zero-order chi connectivity index (χ0) is 17.6. The van der Waals surface area contributed by atoms with Crippen LogP contribution in [0.5, 0.6) is 11.5 Å². The predicted molar refractivity (Wildman–Crippen MR) is 90.8 cm³/mol. The molecule has 0 aliphatic carbocycles. The molecular formula is C18H22N2O5. The van der Waals surface area contributed by atoms with E-state index in [4.69, 9.17) is 18.6 Å². The smallest absolute Gasteiger partial charge is 0.223 e. The number of morpholine rings is 1. The predicted octanol–water partition coefficient (Wildman–Crippen LogP) is 2.15. The molecule has 1 saturated heterocycles. The van der Waals surface area contributed by atoms with Crippen molar-refractivity contribution >= 4 is 5.91 Å². The number of rotatable bonds is 6. The molecule has 1 aliphatic heterocycles. The first kappa shape index (κ1) is 17.3. The summed E-state index contributed by atoms with van der Waals surface area (Å²) >= 11 is 0. The van der Waals surface area contributed by atoms with Gasteiger partial charge in [-0.1, -0.05) is 0 Å². The molecule has 0 saturated carbocycles. The minimum absolute atomic E-state index is 0.102. The summed E-state index contributed by atoms with van der Waals surface area (Å²) in [5, 5.41) is 0. The molecule has 1 aliphatic rings. The molecule has 0 spiro atoms. The van der Waals surface area contributed by atoms with Crippen LogP contribution in [0.25, 0.3) is 11.3 Å². The lowest BCUT2D eigenvalue weighted by molar-refractivity contribution is -0.135. The van der Waals surface area contributed by atoms with Crippen molar-refractivity contribution in [3.63, 3.8) is 0 Å². The Morgan fingerprint density at radius 2 is 2.04 bits per heavy atom. The van der Waals surface area contributed by atoms with E-state index in [9.17, 15) is 4.79 Å². The molecule has 0 N–H and O–H groups in total. The van der Waals surface area contributed by atoms with Crippen LogP contribution in [0.1, 0.15) is 12.3 Å². The molecule has 2 aromatic rings. The van der Waals surface area contributed by atoms with Crippen LogP contribution in [0, 0.1) is 0 Å². The monoisotopic (exact) mass is 346 g/mol. The van der Waals surface area contributed by atoms with Gasteiger partial charge >= 0.3 is 0 Å². The van der Waals surface area contributed by atoms with E-state index in [0.29, 0.717) is 62.3 Å². The number of ether oxygens (including phenoxy) is 3. The molecule has 1 aromatic carbocycles. The molecule has 25 heavy (non-hydrogen) atoms. The van der Waals surface area contributed by atoms with Crippen LogP contribution in [0.15, 0.2) is 28.8 Å². The number of methoxy groups -OCH3 is 2. The second-order valence-corrected chi connectivity index (χ2v) is 5.68. The Hall–Kier alpha value is -2.54. The van der Waals surface area contributed by atoms with Gasteiger partial charge in [0.2, 0.25) is 5.91 Å². The number of benzene rings is 1. The highest BCUT2D eigenvalue weighted by molar-refractivity contribution is 5.76. The van der Waals surface area contributed by atoms with E-state index in [2.05, 4.69) is 4.98 Å². The van der Waals surface area contributed by atoms with E-state index in [1.807, 2.05) is 17.0 Å². The van der Waals surface area contributed by atoms with Crippen molar-refractivity contribution in [1.29, 1.82) is 0 Å². The van der Waals surface area contributed by atoms with E-state index in [1.165, 1.54) is 0 Å². The molecule has 0 radical (unpaired) electrons. The molecule has 7 nitrogen and oxygen atoms in total. The summed E-state index contributed by atoms with van der Waals surface area (Å²) < 4.78 is 21.6. The van der Waals surface area contributed by atoms with Crippen LogP contribution in [0.4, 0.5) is 0 Å². The summed E-state index contributed by atoms with van der Waals surface area (Å²) in [5.74, 6) is 2.59. The van der Waals surface area contributed by atoms with E-state index >= 15 is 0 Å². The molecule has 0 unspecified atom stereocenters. The van der Waals surface area contributed by atoms with Gasteiger partial charge in [0.15, 0.2) is 11.7 Å².